The van der Waals surface area contributed by atoms with Crippen molar-refractivity contribution in [3.63, 3.8) is 0 Å². The van der Waals surface area contributed by atoms with Crippen LogP contribution in [-0.4, -0.2) is 35.8 Å². The largest absolute Gasteiger partial charge is 0.444 e. The average Bonchev–Trinajstić information content (AvgIpc) is 3.02. The third-order valence-electron chi connectivity index (χ3n) is 4.40. The van der Waals surface area contributed by atoms with Gasteiger partial charge in [-0.15, -0.1) is 0 Å². The van der Waals surface area contributed by atoms with Gasteiger partial charge in [0, 0.05) is 24.7 Å². The molecule has 9 heteroatoms. The molecule has 0 aliphatic carbocycles. The zero-order chi connectivity index (χ0) is 21.2. The van der Waals surface area contributed by atoms with E-state index in [1.54, 1.807) is 6.07 Å². The van der Waals surface area contributed by atoms with Crippen LogP contribution in [0, 0.1) is 12.4 Å². The fourth-order valence-corrected chi connectivity index (χ4v) is 4.66. The molecule has 0 bridgehead atoms. The Morgan fingerprint density at radius 3 is 2.69 bits per heavy atom. The molecule has 3 rings (SSSR count). The van der Waals surface area contributed by atoms with Crippen molar-refractivity contribution < 1.29 is 13.9 Å². The zero-order valence-electron chi connectivity index (χ0n) is 16.5. The molecule has 1 fully saturated rings. The van der Waals surface area contributed by atoms with Gasteiger partial charge in [-0.3, -0.25) is 0 Å². The summed E-state index contributed by atoms with van der Waals surface area (Å²) in [5.41, 5.74) is 0.779. The fourth-order valence-electron chi connectivity index (χ4n) is 3.04. The Morgan fingerprint density at radius 1 is 1.41 bits per heavy atom. The Kier molecular flexibility index (Phi) is 6.44. The van der Waals surface area contributed by atoms with Gasteiger partial charge >= 0.3 is 6.09 Å². The van der Waals surface area contributed by atoms with Gasteiger partial charge in [-0.05, 0) is 55.6 Å². The number of rotatable bonds is 3. The molecule has 6 nitrogen and oxygen atoms in total. The summed E-state index contributed by atoms with van der Waals surface area (Å²) < 4.78 is 20.1. The first-order valence-corrected chi connectivity index (χ1v) is 10.9. The summed E-state index contributed by atoms with van der Waals surface area (Å²) in [5.74, 6) is -0.548. The van der Waals surface area contributed by atoms with Gasteiger partial charge in [0.05, 0.1) is 16.1 Å². The normalized spacial score (nSPS) is 15.1. The minimum Gasteiger partial charge on any atom is -0.444 e. The Labute approximate surface area is 182 Å². The highest BCUT2D eigenvalue weighted by atomic mass is 79.9. The van der Waals surface area contributed by atoms with Gasteiger partial charge in [0.1, 0.15) is 11.4 Å². The number of piperidine rings is 1. The van der Waals surface area contributed by atoms with Gasteiger partial charge in [0.2, 0.25) is 5.69 Å². The molecule has 0 radical (unpaired) electrons. The number of hydrogen-bond donors (Lipinski definition) is 1. The Bertz CT molecular complexity index is 943. The van der Waals surface area contributed by atoms with Crippen molar-refractivity contribution in [3.8, 4) is 11.3 Å². The van der Waals surface area contributed by atoms with Crippen LogP contribution in [0.15, 0.2) is 22.0 Å². The van der Waals surface area contributed by atoms with Gasteiger partial charge in [-0.25, -0.2) is 19.0 Å². The van der Waals surface area contributed by atoms with Crippen molar-refractivity contribution in [2.75, 3.05) is 18.0 Å². The number of carbonyl (C=O) groups excluding carboxylic acids is 1. The molecule has 1 saturated heterocycles. The van der Waals surface area contributed by atoms with Gasteiger partial charge < -0.3 is 15.0 Å². The van der Waals surface area contributed by atoms with Crippen molar-refractivity contribution in [2.45, 2.75) is 45.3 Å². The molecule has 1 aromatic carbocycles. The van der Waals surface area contributed by atoms with E-state index in [2.05, 4.69) is 36.0 Å². The smallest absolute Gasteiger partial charge is 0.407 e. The minimum atomic E-state index is -0.548. The molecule has 1 aromatic heterocycles. The van der Waals surface area contributed by atoms with Gasteiger partial charge in [-0.2, -0.15) is 0 Å². The number of hydrogen-bond acceptors (Lipinski definition) is 5. The number of thiazole rings is 1. The lowest BCUT2D eigenvalue weighted by molar-refractivity contribution is 0.0497. The zero-order valence-corrected chi connectivity index (χ0v) is 18.9. The van der Waals surface area contributed by atoms with E-state index in [0.717, 1.165) is 34.8 Å². The van der Waals surface area contributed by atoms with E-state index < -0.39 is 11.4 Å². The summed E-state index contributed by atoms with van der Waals surface area (Å²) in [4.78, 5) is 21.9. The number of aromatic nitrogens is 1. The second kappa shape index (κ2) is 8.67. The maximum Gasteiger partial charge on any atom is 0.407 e. The summed E-state index contributed by atoms with van der Waals surface area (Å²) in [6, 6.07) is 4.58. The number of nitrogens with one attached hydrogen (secondary N) is 1. The molecular formula is C20H22BrFN4O2S. The van der Waals surface area contributed by atoms with E-state index in [0.29, 0.717) is 11.3 Å². The lowest BCUT2D eigenvalue weighted by atomic mass is 10.1. The first-order chi connectivity index (χ1) is 13.7. The molecule has 1 aliphatic rings. The number of halogens is 2. The molecule has 0 unspecified atom stereocenters. The molecule has 29 heavy (non-hydrogen) atoms. The minimum absolute atomic E-state index is 0.000106. The highest BCUT2D eigenvalue weighted by Gasteiger charge is 2.26. The lowest BCUT2D eigenvalue weighted by Gasteiger charge is -2.32. The number of nitrogens with zero attached hydrogens (tertiary/aromatic N) is 3. The summed E-state index contributed by atoms with van der Waals surface area (Å²) in [6.07, 6.45) is 1.19. The molecule has 0 saturated carbocycles. The summed E-state index contributed by atoms with van der Waals surface area (Å²) in [5, 5.41) is 3.77. The maximum absolute atomic E-state index is 14.0. The molecule has 1 N–H and O–H groups in total. The van der Waals surface area contributed by atoms with Crippen molar-refractivity contribution in [1.29, 1.82) is 0 Å². The second-order valence-electron chi connectivity index (χ2n) is 7.80. The summed E-state index contributed by atoms with van der Waals surface area (Å²) in [6.45, 7) is 14.0. The first kappa shape index (κ1) is 21.5. The molecule has 2 heterocycles. The Hall–Kier alpha value is -2.18. The monoisotopic (exact) mass is 480 g/mol. The number of alkyl carbamates (subject to hydrolysis) is 1. The topological polar surface area (TPSA) is 58.8 Å². The van der Waals surface area contributed by atoms with E-state index in [1.807, 2.05) is 20.8 Å². The van der Waals surface area contributed by atoms with Crippen LogP contribution >= 0.6 is 27.3 Å². The first-order valence-electron chi connectivity index (χ1n) is 9.24. The van der Waals surface area contributed by atoms with Gasteiger partial charge in [-0.1, -0.05) is 23.5 Å². The van der Waals surface area contributed by atoms with Crippen LogP contribution in [0.5, 0.6) is 0 Å². The second-order valence-corrected chi connectivity index (χ2v) is 10.1. The van der Waals surface area contributed by atoms with E-state index in [4.69, 9.17) is 11.3 Å². The number of anilines is 1. The van der Waals surface area contributed by atoms with Crippen LogP contribution < -0.4 is 10.2 Å². The SMILES string of the molecule is [C-]#[N+]c1ccc(-c2nc(N3CCC(NC(=O)OC(C)(C)C)CC3)sc2Br)cc1F. The quantitative estimate of drug-likeness (QED) is 0.567. The van der Waals surface area contributed by atoms with Crippen LogP contribution in [0.1, 0.15) is 33.6 Å². The maximum atomic E-state index is 14.0. The Balaban J connectivity index is 1.64. The van der Waals surface area contributed by atoms with E-state index in [-0.39, 0.29) is 17.8 Å². The summed E-state index contributed by atoms with van der Waals surface area (Å²) in [7, 11) is 0. The number of amides is 1. The van der Waals surface area contributed by atoms with Gasteiger partial charge in [0.15, 0.2) is 5.13 Å². The predicted octanol–water partition coefficient (Wildman–Crippen LogP) is 5.76. The van der Waals surface area contributed by atoms with Crippen molar-refractivity contribution in [3.05, 3.63) is 39.2 Å². The summed E-state index contributed by atoms with van der Waals surface area (Å²) >= 11 is 5.02. The van der Waals surface area contributed by atoms with Crippen molar-refractivity contribution in [1.82, 2.24) is 10.3 Å². The number of carbonyl (C=O) groups is 1. The highest BCUT2D eigenvalue weighted by Crippen LogP contribution is 2.39. The van der Waals surface area contributed by atoms with Crippen LogP contribution in [0.3, 0.4) is 0 Å². The molecular weight excluding hydrogens is 459 g/mol. The van der Waals surface area contributed by atoms with Crippen molar-refractivity contribution >= 4 is 44.2 Å². The predicted molar refractivity (Wildman–Crippen MR) is 116 cm³/mol. The molecule has 154 valence electrons. The third-order valence-corrected chi connectivity index (χ3v) is 6.17. The third kappa shape index (κ3) is 5.46. The van der Waals surface area contributed by atoms with Crippen LogP contribution in [0.4, 0.5) is 20.0 Å². The van der Waals surface area contributed by atoms with E-state index in [1.165, 1.54) is 23.5 Å². The Morgan fingerprint density at radius 2 is 2.10 bits per heavy atom. The molecule has 2 aromatic rings. The number of ether oxygens (including phenoxy) is 1. The van der Waals surface area contributed by atoms with E-state index >= 15 is 0 Å². The van der Waals surface area contributed by atoms with Crippen LogP contribution in [0.2, 0.25) is 0 Å². The lowest BCUT2D eigenvalue weighted by Crippen LogP contribution is -2.46. The van der Waals surface area contributed by atoms with Crippen molar-refractivity contribution in [2.24, 2.45) is 0 Å². The molecule has 0 spiro atoms. The average molecular weight is 481 g/mol. The molecule has 1 aliphatic heterocycles. The number of benzene rings is 1. The fraction of sp³-hybridized carbons (Fsp3) is 0.450. The van der Waals surface area contributed by atoms with Crippen LogP contribution in [0.25, 0.3) is 16.1 Å². The molecule has 0 atom stereocenters. The highest BCUT2D eigenvalue weighted by molar-refractivity contribution is 9.11. The van der Waals surface area contributed by atoms with Crippen LogP contribution in [-0.2, 0) is 4.74 Å². The van der Waals surface area contributed by atoms with E-state index in [9.17, 15) is 9.18 Å². The molecule has 1 amide bonds. The van der Waals surface area contributed by atoms with Gasteiger partial charge in [0.25, 0.3) is 0 Å². The standard InChI is InChI=1S/C20H22BrFN4O2S/c1-20(2,3)28-19(27)24-13-7-9-26(10-8-13)18-25-16(17(21)29-18)12-5-6-15(23-4)14(22)11-12/h5-6,11,13H,7-10H2,1-3H3,(H,24,27).